The summed E-state index contributed by atoms with van der Waals surface area (Å²) in [5.41, 5.74) is 0.566. The third kappa shape index (κ3) is 4.32. The van der Waals surface area contributed by atoms with Crippen molar-refractivity contribution in [3.05, 3.63) is 71.0 Å². The maximum atomic E-state index is 12.6. The van der Waals surface area contributed by atoms with E-state index in [9.17, 15) is 9.90 Å². The number of unbranched alkanes of at least 4 members (excludes halogenated alkanes) is 2. The number of phenolic OH excluding ortho intramolecular Hbond substituents is 1. The van der Waals surface area contributed by atoms with E-state index < -0.39 is 0 Å². The van der Waals surface area contributed by atoms with Crippen LogP contribution in [0.25, 0.3) is 21.9 Å². The number of rotatable bonds is 8. The van der Waals surface area contributed by atoms with Crippen LogP contribution >= 0.6 is 0 Å². The van der Waals surface area contributed by atoms with Crippen LogP contribution in [-0.2, 0) is 0 Å². The molecule has 0 spiro atoms. The molecule has 2 heterocycles. The number of fused-ring (bicyclic) bond motifs is 2. The van der Waals surface area contributed by atoms with Crippen molar-refractivity contribution in [2.75, 3.05) is 18.5 Å². The second-order valence-electron chi connectivity index (χ2n) is 6.79. The van der Waals surface area contributed by atoms with E-state index in [0.717, 1.165) is 31.6 Å². The monoisotopic (exact) mass is 390 g/mol. The van der Waals surface area contributed by atoms with Crippen molar-refractivity contribution in [1.29, 1.82) is 0 Å². The molecule has 0 fully saturated rings. The first-order valence-electron chi connectivity index (χ1n) is 9.68. The van der Waals surface area contributed by atoms with E-state index in [1.165, 1.54) is 6.07 Å². The minimum atomic E-state index is -0.244. The summed E-state index contributed by atoms with van der Waals surface area (Å²) in [4.78, 5) is 16.8. The highest BCUT2D eigenvalue weighted by Crippen LogP contribution is 2.30. The number of nitrogens with one attached hydrogen (secondary N) is 1. The molecule has 6 heteroatoms. The molecule has 0 aliphatic rings. The average molecular weight is 390 g/mol. The summed E-state index contributed by atoms with van der Waals surface area (Å²) < 4.78 is 11.6. The zero-order chi connectivity index (χ0) is 20.1. The topological polar surface area (TPSA) is 84.6 Å². The molecule has 6 nitrogen and oxygen atoms in total. The van der Waals surface area contributed by atoms with Crippen LogP contribution in [0.4, 0.5) is 5.82 Å². The Labute approximate surface area is 167 Å². The normalized spacial score (nSPS) is 11.0. The summed E-state index contributed by atoms with van der Waals surface area (Å²) in [5, 5.41) is 14.2. The van der Waals surface area contributed by atoms with E-state index in [2.05, 4.69) is 10.3 Å². The molecule has 2 aromatic heterocycles. The van der Waals surface area contributed by atoms with Crippen molar-refractivity contribution < 1.29 is 14.3 Å². The molecule has 0 atom stereocenters. The van der Waals surface area contributed by atoms with Gasteiger partial charge in [-0.15, -0.1) is 0 Å². The SMILES string of the molecule is O=c1c2ccccc2oc2cc(OCCCCCNc3ccccn3)cc(O)c12. The van der Waals surface area contributed by atoms with Gasteiger partial charge >= 0.3 is 0 Å². The van der Waals surface area contributed by atoms with Crippen LogP contribution in [0, 0.1) is 0 Å². The fourth-order valence-electron chi connectivity index (χ4n) is 3.24. The molecule has 0 bridgehead atoms. The number of ether oxygens (including phenoxy) is 1. The van der Waals surface area contributed by atoms with Crippen LogP contribution in [0.2, 0.25) is 0 Å². The van der Waals surface area contributed by atoms with Crippen LogP contribution in [0.15, 0.2) is 70.0 Å². The number of hydrogen-bond acceptors (Lipinski definition) is 6. The Bertz CT molecular complexity index is 1170. The Morgan fingerprint density at radius 3 is 2.72 bits per heavy atom. The Balaban J connectivity index is 1.34. The Hall–Kier alpha value is -3.54. The lowest BCUT2D eigenvalue weighted by molar-refractivity contribution is 0.304. The maximum absolute atomic E-state index is 12.6. The number of nitrogens with zero attached hydrogens (tertiary/aromatic N) is 1. The summed E-state index contributed by atoms with van der Waals surface area (Å²) in [7, 11) is 0. The molecule has 0 saturated heterocycles. The van der Waals surface area contributed by atoms with Crippen LogP contribution in [-0.4, -0.2) is 23.2 Å². The largest absolute Gasteiger partial charge is 0.507 e. The van der Waals surface area contributed by atoms with E-state index in [0.29, 0.717) is 28.9 Å². The third-order valence-corrected chi connectivity index (χ3v) is 4.69. The van der Waals surface area contributed by atoms with Gasteiger partial charge in [-0.25, -0.2) is 4.98 Å². The highest BCUT2D eigenvalue weighted by Gasteiger charge is 2.13. The van der Waals surface area contributed by atoms with Gasteiger partial charge in [0.25, 0.3) is 0 Å². The summed E-state index contributed by atoms with van der Waals surface area (Å²) in [6.07, 6.45) is 4.65. The third-order valence-electron chi connectivity index (χ3n) is 4.69. The molecule has 4 rings (SSSR count). The van der Waals surface area contributed by atoms with E-state index in [4.69, 9.17) is 9.15 Å². The van der Waals surface area contributed by atoms with Crippen molar-refractivity contribution in [2.45, 2.75) is 19.3 Å². The Morgan fingerprint density at radius 1 is 1.00 bits per heavy atom. The minimum absolute atomic E-state index is 0.128. The number of phenols is 1. The van der Waals surface area contributed by atoms with E-state index >= 15 is 0 Å². The van der Waals surface area contributed by atoms with Crippen LogP contribution < -0.4 is 15.5 Å². The first kappa shape index (κ1) is 18.8. The quantitative estimate of drug-likeness (QED) is 0.335. The second kappa shape index (κ2) is 8.65. The zero-order valence-corrected chi connectivity index (χ0v) is 15.9. The van der Waals surface area contributed by atoms with Gasteiger partial charge in [0, 0.05) is 24.9 Å². The van der Waals surface area contributed by atoms with E-state index in [1.54, 1.807) is 36.5 Å². The van der Waals surface area contributed by atoms with E-state index in [1.807, 2.05) is 18.2 Å². The van der Waals surface area contributed by atoms with Gasteiger partial charge in [0.2, 0.25) is 5.43 Å². The predicted molar refractivity (Wildman–Crippen MR) is 114 cm³/mol. The fraction of sp³-hybridized carbons (Fsp3) is 0.217. The molecule has 29 heavy (non-hydrogen) atoms. The first-order valence-corrected chi connectivity index (χ1v) is 9.68. The molecular formula is C23H22N2O4. The summed E-state index contributed by atoms with van der Waals surface area (Å²) in [5.74, 6) is 1.24. The lowest BCUT2D eigenvalue weighted by Gasteiger charge is -2.09. The molecule has 0 amide bonds. The highest BCUT2D eigenvalue weighted by atomic mass is 16.5. The standard InChI is InChI=1S/C23H22N2O4/c26-18-14-16(28-13-7-1-5-11-24-21-10-4-6-12-25-21)15-20-22(18)23(27)17-8-2-3-9-19(17)29-20/h2-4,6,8-10,12,14-15,26H,1,5,7,11,13H2,(H,24,25). The smallest absolute Gasteiger partial charge is 0.204 e. The lowest BCUT2D eigenvalue weighted by atomic mass is 10.1. The molecule has 0 unspecified atom stereocenters. The Morgan fingerprint density at radius 2 is 1.86 bits per heavy atom. The first-order chi connectivity index (χ1) is 14.2. The molecule has 0 saturated carbocycles. The number of anilines is 1. The molecular weight excluding hydrogens is 368 g/mol. The van der Waals surface area contributed by atoms with Gasteiger partial charge in [-0.2, -0.15) is 0 Å². The average Bonchev–Trinajstić information content (AvgIpc) is 2.73. The molecule has 0 aliphatic heterocycles. The van der Waals surface area contributed by atoms with Gasteiger partial charge in [0.15, 0.2) is 0 Å². The van der Waals surface area contributed by atoms with Gasteiger partial charge in [-0.05, 0) is 43.5 Å². The number of benzene rings is 2. The van der Waals surface area contributed by atoms with Crippen LogP contribution in [0.5, 0.6) is 11.5 Å². The van der Waals surface area contributed by atoms with Gasteiger partial charge in [0.05, 0.1) is 12.0 Å². The number of aromatic nitrogens is 1. The zero-order valence-electron chi connectivity index (χ0n) is 15.9. The second-order valence-corrected chi connectivity index (χ2v) is 6.79. The summed E-state index contributed by atoms with van der Waals surface area (Å²) >= 11 is 0. The molecule has 0 radical (unpaired) electrons. The molecule has 148 valence electrons. The molecule has 2 N–H and O–H groups in total. The number of aromatic hydroxyl groups is 1. The van der Waals surface area contributed by atoms with Gasteiger partial charge in [0.1, 0.15) is 33.9 Å². The van der Waals surface area contributed by atoms with Gasteiger partial charge in [-0.1, -0.05) is 18.2 Å². The predicted octanol–water partition coefficient (Wildman–Crippen LogP) is 4.71. The fourth-order valence-corrected chi connectivity index (χ4v) is 3.24. The van der Waals surface area contributed by atoms with Crippen molar-refractivity contribution in [3.63, 3.8) is 0 Å². The van der Waals surface area contributed by atoms with Gasteiger partial charge in [-0.3, -0.25) is 4.79 Å². The Kier molecular flexibility index (Phi) is 5.61. The van der Waals surface area contributed by atoms with Crippen LogP contribution in [0.3, 0.4) is 0 Å². The molecule has 4 aromatic rings. The van der Waals surface area contributed by atoms with Crippen molar-refractivity contribution >= 4 is 27.8 Å². The number of hydrogen-bond donors (Lipinski definition) is 2. The maximum Gasteiger partial charge on any atom is 0.204 e. The van der Waals surface area contributed by atoms with Crippen LogP contribution in [0.1, 0.15) is 19.3 Å². The summed E-state index contributed by atoms with van der Waals surface area (Å²) in [6.45, 7) is 1.37. The molecule has 0 aliphatic carbocycles. The van der Waals surface area contributed by atoms with Gasteiger partial charge < -0.3 is 19.6 Å². The van der Waals surface area contributed by atoms with Crippen molar-refractivity contribution in [3.8, 4) is 11.5 Å². The number of para-hydroxylation sites is 1. The lowest BCUT2D eigenvalue weighted by Crippen LogP contribution is -2.05. The van der Waals surface area contributed by atoms with Crippen molar-refractivity contribution in [2.24, 2.45) is 0 Å². The summed E-state index contributed by atoms with van der Waals surface area (Å²) in [6, 6.07) is 15.9. The van der Waals surface area contributed by atoms with Crippen molar-refractivity contribution in [1.82, 2.24) is 4.98 Å². The number of pyridine rings is 1. The highest BCUT2D eigenvalue weighted by molar-refractivity contribution is 5.93. The minimum Gasteiger partial charge on any atom is -0.507 e. The molecule has 2 aromatic carbocycles. The van der Waals surface area contributed by atoms with E-state index in [-0.39, 0.29) is 16.6 Å².